The minimum Gasteiger partial charge on any atom is -0.366 e. The van der Waals surface area contributed by atoms with E-state index in [9.17, 15) is 18.0 Å². The van der Waals surface area contributed by atoms with E-state index in [1.54, 1.807) is 24.3 Å². The molecule has 2 aromatic carbocycles. The number of nitrogens with zero attached hydrogens (tertiary/aromatic N) is 1. The molecule has 0 aliphatic carbocycles. The van der Waals surface area contributed by atoms with Crippen molar-refractivity contribution in [3.8, 4) is 0 Å². The number of halogens is 2. The van der Waals surface area contributed by atoms with Crippen molar-refractivity contribution < 1.29 is 18.0 Å². The summed E-state index contributed by atoms with van der Waals surface area (Å²) in [6.07, 6.45) is 0.831. The fourth-order valence-electron chi connectivity index (χ4n) is 3.28. The smallest absolute Gasteiger partial charge is 0.248 e. The predicted octanol–water partition coefficient (Wildman–Crippen LogP) is 3.27. The lowest BCUT2D eigenvalue weighted by Gasteiger charge is -2.30. The number of sulfonamides is 1. The molecule has 30 heavy (non-hydrogen) atoms. The summed E-state index contributed by atoms with van der Waals surface area (Å²) in [5.41, 5.74) is 6.59. The third-order valence-corrected chi connectivity index (χ3v) is 7.42. The van der Waals surface area contributed by atoms with Gasteiger partial charge in [0, 0.05) is 40.3 Å². The van der Waals surface area contributed by atoms with Crippen molar-refractivity contribution in [1.82, 2.24) is 4.31 Å². The molecule has 2 aromatic rings. The molecule has 160 valence electrons. The number of hydrogen-bond donors (Lipinski definition) is 2. The molecular weight excluding hydrogens is 449 g/mol. The molecule has 0 bridgehead atoms. The third kappa shape index (κ3) is 5.51. The van der Waals surface area contributed by atoms with Gasteiger partial charge >= 0.3 is 0 Å². The van der Waals surface area contributed by atoms with E-state index in [1.807, 2.05) is 0 Å². The van der Waals surface area contributed by atoms with Crippen molar-refractivity contribution in [3.05, 3.63) is 63.6 Å². The van der Waals surface area contributed by atoms with Crippen molar-refractivity contribution >= 4 is 50.7 Å². The number of nitrogens with one attached hydrogen (secondary N) is 1. The number of benzene rings is 2. The highest BCUT2D eigenvalue weighted by molar-refractivity contribution is 7.88. The van der Waals surface area contributed by atoms with Crippen LogP contribution in [0, 0.1) is 5.92 Å². The highest BCUT2D eigenvalue weighted by Gasteiger charge is 2.31. The number of nitrogens with two attached hydrogens (primary N) is 1. The lowest BCUT2D eigenvalue weighted by Crippen LogP contribution is -2.41. The number of anilines is 1. The number of piperidine rings is 1. The molecular formula is C20H21Cl2N3O4S. The molecule has 10 heteroatoms. The monoisotopic (exact) mass is 469 g/mol. The first-order chi connectivity index (χ1) is 14.2. The molecule has 3 N–H and O–H groups in total. The van der Waals surface area contributed by atoms with Crippen LogP contribution >= 0.6 is 23.2 Å². The van der Waals surface area contributed by atoms with Gasteiger partial charge in [0.15, 0.2) is 0 Å². The van der Waals surface area contributed by atoms with Crippen LogP contribution in [0.5, 0.6) is 0 Å². The number of primary amides is 1. The van der Waals surface area contributed by atoms with E-state index in [-0.39, 0.29) is 30.7 Å². The number of carbonyl (C=O) groups excluding carboxylic acids is 2. The van der Waals surface area contributed by atoms with Gasteiger partial charge in [0.25, 0.3) is 0 Å². The van der Waals surface area contributed by atoms with Crippen molar-refractivity contribution in [2.75, 3.05) is 18.4 Å². The quantitative estimate of drug-likeness (QED) is 0.675. The van der Waals surface area contributed by atoms with Gasteiger partial charge in [-0.25, -0.2) is 12.7 Å². The van der Waals surface area contributed by atoms with E-state index < -0.39 is 15.9 Å². The van der Waals surface area contributed by atoms with Crippen LogP contribution in [-0.4, -0.2) is 37.6 Å². The first-order valence-electron chi connectivity index (χ1n) is 9.28. The Morgan fingerprint density at radius 3 is 2.27 bits per heavy atom. The Morgan fingerprint density at radius 2 is 1.70 bits per heavy atom. The van der Waals surface area contributed by atoms with Crippen LogP contribution in [0.3, 0.4) is 0 Å². The van der Waals surface area contributed by atoms with Crippen molar-refractivity contribution in [1.29, 1.82) is 0 Å². The molecule has 2 amide bonds. The second-order valence-electron chi connectivity index (χ2n) is 7.10. The Hall–Kier alpha value is -2.13. The largest absolute Gasteiger partial charge is 0.366 e. The second kappa shape index (κ2) is 9.34. The minimum absolute atomic E-state index is 0.181. The molecule has 1 heterocycles. The number of amides is 2. The normalized spacial score (nSPS) is 15.7. The average molecular weight is 470 g/mol. The fraction of sp³-hybridized carbons (Fsp3) is 0.300. The zero-order valence-electron chi connectivity index (χ0n) is 16.0. The summed E-state index contributed by atoms with van der Waals surface area (Å²) in [4.78, 5) is 23.6. The lowest BCUT2D eigenvalue weighted by atomic mass is 9.97. The molecule has 0 aromatic heterocycles. The molecule has 3 rings (SSSR count). The standard InChI is InChI=1S/C20H21Cl2N3O4S/c21-16-4-1-15(18(22)11-16)12-30(28,29)25-9-7-14(8-10-25)20(27)24-17-5-2-13(3-6-17)19(23)26/h1-6,11,14H,7-10,12H2,(H2,23,26)(H,24,27). The summed E-state index contributed by atoms with van der Waals surface area (Å²) < 4.78 is 26.9. The maximum absolute atomic E-state index is 12.7. The van der Waals surface area contributed by atoms with Crippen LogP contribution in [0.2, 0.25) is 10.0 Å². The Labute approximate surface area is 185 Å². The highest BCUT2D eigenvalue weighted by atomic mass is 35.5. The van der Waals surface area contributed by atoms with Gasteiger partial charge in [0.2, 0.25) is 21.8 Å². The van der Waals surface area contributed by atoms with Gasteiger partial charge in [-0.3, -0.25) is 9.59 Å². The summed E-state index contributed by atoms with van der Waals surface area (Å²) in [5, 5.41) is 3.54. The van der Waals surface area contributed by atoms with Gasteiger partial charge in [0.1, 0.15) is 0 Å². The van der Waals surface area contributed by atoms with Crippen LogP contribution in [-0.2, 0) is 20.6 Å². The maximum Gasteiger partial charge on any atom is 0.248 e. The average Bonchev–Trinajstić information content (AvgIpc) is 2.70. The summed E-state index contributed by atoms with van der Waals surface area (Å²) in [5.74, 6) is -1.24. The topological polar surface area (TPSA) is 110 Å². The first-order valence-corrected chi connectivity index (χ1v) is 11.6. The minimum atomic E-state index is -3.56. The van der Waals surface area contributed by atoms with Crippen LogP contribution in [0.1, 0.15) is 28.8 Å². The van der Waals surface area contributed by atoms with E-state index in [4.69, 9.17) is 28.9 Å². The van der Waals surface area contributed by atoms with Crippen molar-refractivity contribution in [3.63, 3.8) is 0 Å². The lowest BCUT2D eigenvalue weighted by molar-refractivity contribution is -0.120. The zero-order chi connectivity index (χ0) is 21.9. The highest BCUT2D eigenvalue weighted by Crippen LogP contribution is 2.27. The van der Waals surface area contributed by atoms with Gasteiger partial charge in [-0.05, 0) is 54.8 Å². The van der Waals surface area contributed by atoms with Crippen molar-refractivity contribution in [2.24, 2.45) is 11.7 Å². The van der Waals surface area contributed by atoms with Crippen molar-refractivity contribution in [2.45, 2.75) is 18.6 Å². The van der Waals surface area contributed by atoms with Gasteiger partial charge in [-0.15, -0.1) is 0 Å². The zero-order valence-corrected chi connectivity index (χ0v) is 18.3. The second-order valence-corrected chi connectivity index (χ2v) is 9.91. The van der Waals surface area contributed by atoms with Crippen LogP contribution in [0.4, 0.5) is 5.69 Å². The van der Waals surface area contributed by atoms with Crippen LogP contribution in [0.15, 0.2) is 42.5 Å². The SMILES string of the molecule is NC(=O)c1ccc(NC(=O)C2CCN(S(=O)(=O)Cc3ccc(Cl)cc3Cl)CC2)cc1. The molecule has 0 unspecified atom stereocenters. The summed E-state index contributed by atoms with van der Waals surface area (Å²) in [6, 6.07) is 11.0. The number of rotatable bonds is 6. The molecule has 0 radical (unpaired) electrons. The van der Waals surface area contributed by atoms with E-state index in [0.29, 0.717) is 39.7 Å². The van der Waals surface area contributed by atoms with E-state index in [2.05, 4.69) is 5.32 Å². The van der Waals surface area contributed by atoms with E-state index >= 15 is 0 Å². The van der Waals surface area contributed by atoms with Gasteiger partial charge < -0.3 is 11.1 Å². The van der Waals surface area contributed by atoms with Crippen LogP contribution in [0.25, 0.3) is 0 Å². The van der Waals surface area contributed by atoms with Gasteiger partial charge in [0.05, 0.1) is 5.75 Å². The first kappa shape index (κ1) is 22.6. The van der Waals surface area contributed by atoms with Gasteiger partial charge in [-0.2, -0.15) is 0 Å². The molecule has 1 aliphatic heterocycles. The molecule has 7 nitrogen and oxygen atoms in total. The fourth-order valence-corrected chi connectivity index (χ4v) is 5.43. The third-order valence-electron chi connectivity index (χ3n) is 5.01. The Morgan fingerprint density at radius 1 is 1.07 bits per heavy atom. The Kier molecular flexibility index (Phi) is 7.02. The molecule has 1 fully saturated rings. The molecule has 0 atom stereocenters. The predicted molar refractivity (Wildman–Crippen MR) is 117 cm³/mol. The molecule has 0 saturated carbocycles. The number of carbonyl (C=O) groups is 2. The molecule has 1 aliphatic rings. The van der Waals surface area contributed by atoms with Crippen LogP contribution < -0.4 is 11.1 Å². The molecule has 1 saturated heterocycles. The van der Waals surface area contributed by atoms with E-state index in [1.165, 1.54) is 22.5 Å². The molecule has 0 spiro atoms. The summed E-state index contributed by atoms with van der Waals surface area (Å²) >= 11 is 12.0. The summed E-state index contributed by atoms with van der Waals surface area (Å²) in [7, 11) is -3.56. The number of hydrogen-bond acceptors (Lipinski definition) is 4. The van der Waals surface area contributed by atoms with E-state index in [0.717, 1.165) is 0 Å². The van der Waals surface area contributed by atoms with Gasteiger partial charge in [-0.1, -0.05) is 29.3 Å². The maximum atomic E-state index is 12.7. The Balaban J connectivity index is 1.56. The summed E-state index contributed by atoms with van der Waals surface area (Å²) in [6.45, 7) is 0.512. The Bertz CT molecular complexity index is 1050.